The van der Waals surface area contributed by atoms with Gasteiger partial charge in [-0.3, -0.25) is 9.79 Å². The van der Waals surface area contributed by atoms with Gasteiger partial charge in [0.25, 0.3) is 0 Å². The summed E-state index contributed by atoms with van der Waals surface area (Å²) < 4.78 is 10.7. The van der Waals surface area contributed by atoms with Crippen molar-refractivity contribution in [1.29, 1.82) is 0 Å². The minimum Gasteiger partial charge on any atom is -0.463 e. The Balaban J connectivity index is 1.51. The number of ether oxygens (including phenoxy) is 2. The molecule has 5 nitrogen and oxygen atoms in total. The molecule has 0 N–H and O–H groups in total. The lowest BCUT2D eigenvalue weighted by molar-refractivity contribution is -0.145. The lowest BCUT2D eigenvalue weighted by Crippen LogP contribution is -2.40. The predicted molar refractivity (Wildman–Crippen MR) is 66.8 cm³/mol. The lowest BCUT2D eigenvalue weighted by Gasteiger charge is -2.32. The maximum atomic E-state index is 10.7. The number of fused-ring (bicyclic) bond motifs is 1. The molecule has 3 aliphatic heterocycles. The summed E-state index contributed by atoms with van der Waals surface area (Å²) in [7, 11) is 0. The Kier molecular flexibility index (Phi) is 3.48. The van der Waals surface area contributed by atoms with Crippen molar-refractivity contribution in [3.63, 3.8) is 0 Å². The average molecular weight is 266 g/mol. The number of thioether (sulfide) groups is 1. The zero-order valence-corrected chi connectivity index (χ0v) is 10.9. The maximum absolute atomic E-state index is 10.7. The molecule has 0 aromatic carbocycles. The highest BCUT2D eigenvalue weighted by atomic mass is 32.2. The van der Waals surface area contributed by atoms with Gasteiger partial charge in [-0.15, -0.1) is 0 Å². The molecular weight excluding hydrogens is 252 g/mol. The smallest absolute Gasteiger partial charge is 0.302 e. The van der Waals surface area contributed by atoms with E-state index in [1.165, 1.54) is 13.3 Å². The number of carbonyl (C=O) groups is 1. The molecule has 2 fully saturated rings. The fraction of sp³-hybridized carbons (Fsp3) is 0.667. The van der Waals surface area contributed by atoms with Crippen molar-refractivity contribution < 1.29 is 14.3 Å². The van der Waals surface area contributed by atoms with E-state index in [1.807, 2.05) is 0 Å². The quantitative estimate of drug-likeness (QED) is 0.686. The van der Waals surface area contributed by atoms with Crippen molar-refractivity contribution in [3.05, 3.63) is 12.8 Å². The largest absolute Gasteiger partial charge is 0.463 e. The Morgan fingerprint density at radius 3 is 3.11 bits per heavy atom. The normalized spacial score (nSPS) is 34.6. The molecule has 0 amide bonds. The van der Waals surface area contributed by atoms with Crippen LogP contribution in [-0.4, -0.2) is 53.3 Å². The number of hydrogen-bond acceptors (Lipinski definition) is 6. The van der Waals surface area contributed by atoms with E-state index in [0.29, 0.717) is 0 Å². The Morgan fingerprint density at radius 1 is 1.61 bits per heavy atom. The van der Waals surface area contributed by atoms with Gasteiger partial charge in [-0.25, -0.2) is 0 Å². The van der Waals surface area contributed by atoms with Crippen molar-refractivity contribution in [3.8, 4) is 0 Å². The van der Waals surface area contributed by atoms with E-state index >= 15 is 0 Å². The van der Waals surface area contributed by atoms with Gasteiger partial charge in [0, 0.05) is 32.9 Å². The molecule has 0 bridgehead atoms. The summed E-state index contributed by atoms with van der Waals surface area (Å²) in [5.41, 5.74) is -0.0533. The fourth-order valence-corrected chi connectivity index (χ4v) is 3.05. The molecule has 3 heterocycles. The predicted octanol–water partition coefficient (Wildman–Crippen LogP) is 0.614. The third-order valence-electron chi connectivity index (χ3n) is 2.98. The van der Waals surface area contributed by atoms with Crippen molar-refractivity contribution in [2.45, 2.75) is 30.9 Å². The van der Waals surface area contributed by atoms with Crippen LogP contribution in [0.4, 0.5) is 0 Å². The summed E-state index contributed by atoms with van der Waals surface area (Å²) in [6.07, 6.45) is 6.95. The van der Waals surface area contributed by atoms with E-state index < -0.39 is 0 Å². The summed E-state index contributed by atoms with van der Waals surface area (Å²) in [4.78, 5) is 17.5. The number of likely N-dealkylation sites (tertiary alicyclic amines) is 1. The van der Waals surface area contributed by atoms with Crippen molar-refractivity contribution in [2.24, 2.45) is 4.99 Å². The minimum absolute atomic E-state index is 0.0533. The molecule has 0 unspecified atom stereocenters. The molecule has 2 saturated heterocycles. The number of amidine groups is 1. The van der Waals surface area contributed by atoms with Crippen LogP contribution >= 0.6 is 11.8 Å². The first-order chi connectivity index (χ1) is 8.72. The third-order valence-corrected chi connectivity index (χ3v) is 4.16. The van der Waals surface area contributed by atoms with Crippen LogP contribution in [0, 0.1) is 12.8 Å². The molecule has 6 heteroatoms. The lowest BCUT2D eigenvalue weighted by atomic mass is 10.1. The molecule has 18 heavy (non-hydrogen) atoms. The first-order valence-corrected chi connectivity index (χ1v) is 6.89. The van der Waals surface area contributed by atoms with Gasteiger partial charge in [0.05, 0.1) is 6.04 Å². The van der Waals surface area contributed by atoms with Crippen LogP contribution in [0.3, 0.4) is 0 Å². The molecule has 0 aliphatic carbocycles. The highest BCUT2D eigenvalue weighted by Gasteiger charge is 2.40. The first-order valence-electron chi connectivity index (χ1n) is 6.01. The van der Waals surface area contributed by atoms with Gasteiger partial charge in [0.2, 0.25) is 0 Å². The van der Waals surface area contributed by atoms with Crippen LogP contribution in [0.15, 0.2) is 4.99 Å². The standard InChI is InChI=1S/C12H14N2O3S/c1-8(15)16-7-9-3-4-10-11(17-9)18-12(13-10)14-5-2-6-14/h9-11H,2,5-7H2,1H3/t9-,10-,11-/m1/s1. The molecule has 96 valence electrons. The van der Waals surface area contributed by atoms with Crippen molar-refractivity contribution in [2.75, 3.05) is 19.7 Å². The van der Waals surface area contributed by atoms with E-state index in [-0.39, 0.29) is 30.2 Å². The molecule has 4 radical (unpaired) electrons. The van der Waals surface area contributed by atoms with Crippen LogP contribution in [0.2, 0.25) is 0 Å². The van der Waals surface area contributed by atoms with Crippen LogP contribution in [0.25, 0.3) is 0 Å². The summed E-state index contributed by atoms with van der Waals surface area (Å²) >= 11 is 1.63. The second-order valence-electron chi connectivity index (χ2n) is 4.40. The third kappa shape index (κ3) is 2.49. The molecule has 0 spiro atoms. The van der Waals surface area contributed by atoms with E-state index in [2.05, 4.69) is 22.7 Å². The topological polar surface area (TPSA) is 51.1 Å². The SMILES string of the molecule is CC(=O)OC[C@H]1[C][C][C@H]2N=C(N3CCC3)S[C@H]2O1. The van der Waals surface area contributed by atoms with E-state index in [4.69, 9.17) is 9.47 Å². The van der Waals surface area contributed by atoms with Crippen LogP contribution in [-0.2, 0) is 14.3 Å². The molecule has 0 saturated carbocycles. The van der Waals surface area contributed by atoms with Crippen molar-refractivity contribution in [1.82, 2.24) is 4.90 Å². The Bertz CT molecular complexity index is 370. The van der Waals surface area contributed by atoms with Gasteiger partial charge in [0.1, 0.15) is 18.1 Å². The molecular formula is C12H14N2O3S. The highest BCUT2D eigenvalue weighted by Crippen LogP contribution is 2.37. The zero-order valence-electron chi connectivity index (χ0n) is 10.1. The summed E-state index contributed by atoms with van der Waals surface area (Å²) in [6.45, 7) is 3.74. The number of carbonyl (C=O) groups excluding carboxylic acids is 1. The van der Waals surface area contributed by atoms with E-state index in [0.717, 1.165) is 18.3 Å². The number of nitrogens with zero attached hydrogens (tertiary/aromatic N) is 2. The molecule has 0 aromatic heterocycles. The minimum atomic E-state index is -0.325. The summed E-state index contributed by atoms with van der Waals surface area (Å²) in [6, 6.07) is -0.0702. The molecule has 3 rings (SSSR count). The highest BCUT2D eigenvalue weighted by molar-refractivity contribution is 8.14. The maximum Gasteiger partial charge on any atom is 0.302 e. The van der Waals surface area contributed by atoms with Gasteiger partial charge in [0.15, 0.2) is 5.17 Å². The second-order valence-corrected chi connectivity index (χ2v) is 5.46. The number of hydrogen-bond donors (Lipinski definition) is 0. The van der Waals surface area contributed by atoms with Gasteiger partial charge in [-0.2, -0.15) is 0 Å². The van der Waals surface area contributed by atoms with Crippen molar-refractivity contribution >= 4 is 22.9 Å². The Hall–Kier alpha value is -0.750. The molecule has 0 aromatic rings. The molecule has 3 atom stereocenters. The zero-order chi connectivity index (χ0) is 12.5. The summed E-state index contributed by atoms with van der Waals surface area (Å²) in [5, 5.41) is 1.04. The van der Waals surface area contributed by atoms with Gasteiger partial charge < -0.3 is 14.4 Å². The van der Waals surface area contributed by atoms with Gasteiger partial charge in [-0.1, -0.05) is 11.8 Å². The number of rotatable bonds is 2. The summed E-state index contributed by atoms with van der Waals surface area (Å²) in [5.74, 6) is -0.306. The van der Waals surface area contributed by atoms with E-state index in [1.54, 1.807) is 11.8 Å². The van der Waals surface area contributed by atoms with Crippen LogP contribution in [0.1, 0.15) is 13.3 Å². The fourth-order valence-electron chi connectivity index (χ4n) is 1.89. The van der Waals surface area contributed by atoms with E-state index in [9.17, 15) is 4.79 Å². The molecule has 3 aliphatic rings. The first kappa shape index (κ1) is 12.3. The van der Waals surface area contributed by atoms with Gasteiger partial charge in [-0.05, 0) is 6.42 Å². The van der Waals surface area contributed by atoms with Gasteiger partial charge >= 0.3 is 5.97 Å². The Labute approximate surface area is 111 Å². The Morgan fingerprint density at radius 2 is 2.44 bits per heavy atom. The monoisotopic (exact) mass is 266 g/mol. The number of esters is 1. The average Bonchev–Trinajstić information content (AvgIpc) is 2.65. The van der Waals surface area contributed by atoms with Crippen LogP contribution in [0.5, 0.6) is 0 Å². The van der Waals surface area contributed by atoms with Crippen LogP contribution < -0.4 is 0 Å². The number of aliphatic imine (C=N–C) groups is 1. The second kappa shape index (κ2) is 5.09.